The predicted molar refractivity (Wildman–Crippen MR) is 136 cm³/mol. The average Bonchev–Trinajstić information content (AvgIpc) is 3.44. The monoisotopic (exact) mass is 488 g/mol. The first-order valence-electron chi connectivity index (χ1n) is 9.04. The van der Waals surface area contributed by atoms with Crippen molar-refractivity contribution >= 4 is 87.2 Å². The maximum absolute atomic E-state index is 11.5. The van der Waals surface area contributed by atoms with E-state index in [4.69, 9.17) is 4.18 Å². The molecule has 3 aromatic carbocycles. The van der Waals surface area contributed by atoms with Crippen LogP contribution in [0.3, 0.4) is 0 Å². The van der Waals surface area contributed by atoms with Crippen LogP contribution in [0.15, 0.2) is 64.1 Å². The first-order chi connectivity index (χ1) is 14.5. The molecule has 0 aromatic heterocycles. The highest BCUT2D eigenvalue weighted by atomic mass is 32.2. The smallest absolute Gasteiger partial charge is 0.264 e. The minimum Gasteiger partial charge on any atom is -0.265 e. The quantitative estimate of drug-likeness (QED) is 0.356. The van der Waals surface area contributed by atoms with Crippen LogP contribution < -0.4 is 10.4 Å². The summed E-state index contributed by atoms with van der Waals surface area (Å²) in [6, 6.07) is 14.7. The molecule has 5 rings (SSSR count). The van der Waals surface area contributed by atoms with Gasteiger partial charge in [-0.25, -0.2) is 0 Å². The summed E-state index contributed by atoms with van der Waals surface area (Å²) in [5.41, 5.74) is 0.840. The fourth-order valence-electron chi connectivity index (χ4n) is 3.58. The minimum atomic E-state index is -3.50. The molecule has 8 heteroatoms. The molecule has 2 aliphatic rings. The number of hydrogen-bond donors (Lipinski definition) is 0. The highest BCUT2D eigenvalue weighted by Gasteiger charge is 2.16. The Hall–Kier alpha value is -1.29. The molecule has 0 N–H and O–H groups in total. The van der Waals surface area contributed by atoms with Crippen LogP contribution in [-0.2, 0) is 20.9 Å². The van der Waals surface area contributed by atoms with E-state index in [0.717, 1.165) is 17.2 Å². The predicted octanol–water partition coefficient (Wildman–Crippen LogP) is 5.50. The van der Waals surface area contributed by atoms with Gasteiger partial charge in [0.25, 0.3) is 10.1 Å². The molecule has 0 saturated heterocycles. The molecule has 152 valence electrons. The molecule has 0 atom stereocenters. The highest BCUT2D eigenvalue weighted by Crippen LogP contribution is 2.41. The molecule has 0 bridgehead atoms. The van der Waals surface area contributed by atoms with E-state index in [1.54, 1.807) is 47.0 Å². The van der Waals surface area contributed by atoms with Gasteiger partial charge in [0, 0.05) is 10.4 Å². The first kappa shape index (κ1) is 20.6. The molecule has 0 amide bonds. The summed E-state index contributed by atoms with van der Waals surface area (Å²) in [4.78, 5) is 0. The van der Waals surface area contributed by atoms with Gasteiger partial charge >= 0.3 is 0 Å². The van der Waals surface area contributed by atoms with Crippen molar-refractivity contribution in [2.45, 2.75) is 6.61 Å². The lowest BCUT2D eigenvalue weighted by Gasteiger charge is -2.12. The van der Waals surface area contributed by atoms with E-state index in [0.29, 0.717) is 0 Å². The van der Waals surface area contributed by atoms with E-state index in [2.05, 4.69) is 58.0 Å². The maximum atomic E-state index is 11.5. The molecule has 0 aliphatic carbocycles. The molecule has 0 unspecified atom stereocenters. The van der Waals surface area contributed by atoms with Gasteiger partial charge in [0.2, 0.25) is 0 Å². The van der Waals surface area contributed by atoms with E-state index < -0.39 is 10.1 Å². The second-order valence-corrected chi connectivity index (χ2v) is 12.6. The number of thioether (sulfide) groups is 4. The molecule has 3 nitrogen and oxygen atoms in total. The Balaban J connectivity index is 1.91. The molecular formula is C22H16O3S5. The molecule has 0 spiro atoms. The summed E-state index contributed by atoms with van der Waals surface area (Å²) in [5, 5.41) is 15.6. The van der Waals surface area contributed by atoms with Crippen molar-refractivity contribution in [3.05, 3.63) is 80.1 Å². The largest absolute Gasteiger partial charge is 0.265 e. The molecule has 0 fully saturated rings. The van der Waals surface area contributed by atoms with Crippen molar-refractivity contribution < 1.29 is 12.6 Å². The third-order valence-electron chi connectivity index (χ3n) is 4.75. The number of benzene rings is 3. The summed E-state index contributed by atoms with van der Waals surface area (Å²) in [5.74, 6) is 0. The number of hydrogen-bond acceptors (Lipinski definition) is 7. The van der Waals surface area contributed by atoms with Gasteiger partial charge in [-0.05, 0) is 54.8 Å². The van der Waals surface area contributed by atoms with E-state index in [-0.39, 0.29) is 6.61 Å². The van der Waals surface area contributed by atoms with Gasteiger partial charge < -0.3 is 0 Å². The molecule has 3 aromatic rings. The van der Waals surface area contributed by atoms with E-state index in [9.17, 15) is 8.42 Å². The van der Waals surface area contributed by atoms with Crippen molar-refractivity contribution in [3.63, 3.8) is 0 Å². The Bertz CT molecular complexity index is 1450. The lowest BCUT2D eigenvalue weighted by molar-refractivity contribution is 0.312. The molecule has 30 heavy (non-hydrogen) atoms. The van der Waals surface area contributed by atoms with Crippen LogP contribution in [0.4, 0.5) is 0 Å². The summed E-state index contributed by atoms with van der Waals surface area (Å²) >= 11 is 6.95. The average molecular weight is 489 g/mol. The Morgan fingerprint density at radius 3 is 1.77 bits per heavy atom. The van der Waals surface area contributed by atoms with E-state index in [1.165, 1.54) is 35.1 Å². The van der Waals surface area contributed by atoms with Gasteiger partial charge in [0.05, 0.1) is 21.3 Å². The van der Waals surface area contributed by atoms with Gasteiger partial charge in [0.1, 0.15) is 0 Å². The topological polar surface area (TPSA) is 43.4 Å². The summed E-state index contributed by atoms with van der Waals surface area (Å²) in [6.45, 7) is 0.0336. The standard InChI is InChI=1S/C22H16O3S5/c1-30(23,24)25-13-14-6-7-17-18(12-14)20(22-28-10-11-29-22)16-5-3-2-4-15(16)19(17)21-26-8-9-27-21/h2-12H,13H2,1H3. The third-order valence-corrected chi connectivity index (χ3v) is 9.55. The van der Waals surface area contributed by atoms with Crippen LogP contribution >= 0.6 is 47.0 Å². The second kappa shape index (κ2) is 8.33. The van der Waals surface area contributed by atoms with Crippen LogP contribution in [-0.4, -0.2) is 14.7 Å². The SMILES string of the molecule is CS(=O)(=O)OCc1ccc2c(=C3SC=CS3)c3ccccc3c(=C3SC=CS3)c2c1. The lowest BCUT2D eigenvalue weighted by Crippen LogP contribution is -2.17. The highest BCUT2D eigenvalue weighted by molar-refractivity contribution is 8.35. The van der Waals surface area contributed by atoms with Gasteiger partial charge in [-0.1, -0.05) is 83.4 Å². The molecule has 2 heterocycles. The molecular weight excluding hydrogens is 473 g/mol. The van der Waals surface area contributed by atoms with Gasteiger partial charge in [-0.15, -0.1) is 0 Å². The zero-order chi connectivity index (χ0) is 20.7. The van der Waals surface area contributed by atoms with Crippen LogP contribution in [0.25, 0.3) is 30.0 Å². The molecule has 0 saturated carbocycles. The fourth-order valence-corrected chi connectivity index (χ4v) is 7.78. The van der Waals surface area contributed by atoms with Gasteiger partial charge in [0.15, 0.2) is 0 Å². The van der Waals surface area contributed by atoms with Crippen molar-refractivity contribution in [1.82, 2.24) is 0 Å². The Kier molecular flexibility index (Phi) is 5.72. The van der Waals surface area contributed by atoms with Crippen molar-refractivity contribution in [2.24, 2.45) is 0 Å². The molecule has 0 radical (unpaired) electrons. The van der Waals surface area contributed by atoms with Crippen molar-refractivity contribution in [3.8, 4) is 0 Å². The maximum Gasteiger partial charge on any atom is 0.264 e. The zero-order valence-corrected chi connectivity index (χ0v) is 19.9. The van der Waals surface area contributed by atoms with Crippen LogP contribution in [0.5, 0.6) is 0 Å². The van der Waals surface area contributed by atoms with Crippen molar-refractivity contribution in [1.29, 1.82) is 0 Å². The van der Waals surface area contributed by atoms with E-state index in [1.807, 2.05) is 6.07 Å². The summed E-state index contributed by atoms with van der Waals surface area (Å²) in [7, 11) is -3.50. The van der Waals surface area contributed by atoms with Gasteiger partial charge in [-0.3, -0.25) is 4.18 Å². The Labute approximate surface area is 191 Å². The van der Waals surface area contributed by atoms with Gasteiger partial charge in [-0.2, -0.15) is 8.42 Å². The Morgan fingerprint density at radius 2 is 1.23 bits per heavy atom. The number of rotatable bonds is 3. The zero-order valence-electron chi connectivity index (χ0n) is 15.8. The Morgan fingerprint density at radius 1 is 0.733 bits per heavy atom. The summed E-state index contributed by atoms with van der Waals surface area (Å²) < 4.78 is 30.5. The van der Waals surface area contributed by atoms with E-state index >= 15 is 0 Å². The second-order valence-electron chi connectivity index (χ2n) is 6.73. The first-order valence-corrected chi connectivity index (χ1v) is 14.4. The minimum absolute atomic E-state index is 0.0336. The summed E-state index contributed by atoms with van der Waals surface area (Å²) in [6.07, 6.45) is 1.08. The normalized spacial score (nSPS) is 16.4. The van der Waals surface area contributed by atoms with Crippen LogP contribution in [0, 0.1) is 0 Å². The lowest BCUT2D eigenvalue weighted by atomic mass is 9.97. The third kappa shape index (κ3) is 3.97. The van der Waals surface area contributed by atoms with Crippen molar-refractivity contribution in [2.75, 3.05) is 6.26 Å². The molecule has 2 aliphatic heterocycles. The van der Waals surface area contributed by atoms with Crippen LogP contribution in [0.2, 0.25) is 0 Å². The van der Waals surface area contributed by atoms with Crippen LogP contribution in [0.1, 0.15) is 5.56 Å². The fraction of sp³-hybridized carbons (Fsp3) is 0.0909. The number of fused-ring (bicyclic) bond motifs is 2.